The van der Waals surface area contributed by atoms with Crippen LogP contribution in [0.15, 0.2) is 28.2 Å². The summed E-state index contributed by atoms with van der Waals surface area (Å²) < 4.78 is 16.9. The normalized spacial score (nSPS) is 18.4. The minimum atomic E-state index is -0.699. The lowest BCUT2D eigenvalue weighted by Crippen LogP contribution is -2.29. The monoisotopic (exact) mass is 394 g/mol. The number of methoxy groups -OCH3 is 1. The van der Waals surface area contributed by atoms with Crippen LogP contribution in [0.4, 0.5) is 0 Å². The predicted molar refractivity (Wildman–Crippen MR) is 100 cm³/mol. The van der Waals surface area contributed by atoms with Gasteiger partial charge in [-0.1, -0.05) is 11.8 Å². The topological polar surface area (TPSA) is 99.9 Å². The van der Waals surface area contributed by atoms with Gasteiger partial charge in [0.2, 0.25) is 0 Å². The maximum atomic E-state index is 12.9. The Hall–Kier alpha value is -1.94. The summed E-state index contributed by atoms with van der Waals surface area (Å²) in [5.74, 6) is 0.120. The van der Waals surface area contributed by atoms with Crippen LogP contribution in [-0.2, 0) is 20.8 Å². The van der Waals surface area contributed by atoms with E-state index in [1.807, 2.05) is 0 Å². The van der Waals surface area contributed by atoms with Crippen molar-refractivity contribution in [1.29, 1.82) is 0 Å². The number of carbonyl (C=O) groups excluding carboxylic acids is 1. The van der Waals surface area contributed by atoms with Gasteiger partial charge in [-0.2, -0.15) is 0 Å². The molecule has 27 heavy (non-hydrogen) atoms. The van der Waals surface area contributed by atoms with Crippen LogP contribution in [0.25, 0.3) is 10.9 Å². The largest absolute Gasteiger partial charge is 0.465 e. The summed E-state index contributed by atoms with van der Waals surface area (Å²) in [7, 11) is 1.30. The highest BCUT2D eigenvalue weighted by atomic mass is 32.2. The first-order valence-corrected chi connectivity index (χ1v) is 9.61. The van der Waals surface area contributed by atoms with E-state index >= 15 is 0 Å². The molecule has 2 atom stereocenters. The van der Waals surface area contributed by atoms with Crippen molar-refractivity contribution < 1.29 is 24.1 Å². The van der Waals surface area contributed by atoms with Crippen LogP contribution in [-0.4, -0.2) is 59.1 Å². The number of aliphatic hydroxyl groups is 1. The molecule has 0 radical (unpaired) electrons. The number of thioether (sulfide) groups is 1. The Bertz CT molecular complexity index is 876. The molecule has 1 saturated heterocycles. The molecule has 0 bridgehead atoms. The Morgan fingerprint density at radius 1 is 1.52 bits per heavy atom. The van der Waals surface area contributed by atoms with Crippen LogP contribution in [0.2, 0.25) is 0 Å². The van der Waals surface area contributed by atoms with Gasteiger partial charge in [-0.05, 0) is 31.5 Å². The van der Waals surface area contributed by atoms with E-state index in [4.69, 9.17) is 14.2 Å². The van der Waals surface area contributed by atoms with E-state index in [1.165, 1.54) is 29.5 Å². The SMILES string of the molecule is COC(=O)c1ccc2c(=O)n(C[C@@H](C)O)c(SC[C@@H]3CCOCO3)nc2c1. The molecule has 0 unspecified atom stereocenters. The van der Waals surface area contributed by atoms with E-state index in [0.717, 1.165) is 6.42 Å². The smallest absolute Gasteiger partial charge is 0.337 e. The number of hydrogen-bond donors (Lipinski definition) is 1. The second-order valence-corrected chi connectivity index (χ2v) is 7.28. The van der Waals surface area contributed by atoms with Gasteiger partial charge < -0.3 is 19.3 Å². The third-order valence-electron chi connectivity index (χ3n) is 4.16. The van der Waals surface area contributed by atoms with Gasteiger partial charge in [0.05, 0.1) is 48.9 Å². The van der Waals surface area contributed by atoms with Gasteiger partial charge in [0, 0.05) is 5.75 Å². The fourth-order valence-corrected chi connectivity index (χ4v) is 3.86. The minimum Gasteiger partial charge on any atom is -0.465 e. The van der Waals surface area contributed by atoms with E-state index in [9.17, 15) is 14.7 Å². The number of hydrogen-bond acceptors (Lipinski definition) is 8. The van der Waals surface area contributed by atoms with Gasteiger partial charge in [-0.3, -0.25) is 9.36 Å². The van der Waals surface area contributed by atoms with Crippen molar-refractivity contribution in [2.75, 3.05) is 26.3 Å². The molecule has 1 aliphatic heterocycles. The molecular formula is C18H22N2O6S. The first kappa shape index (κ1) is 19.8. The Morgan fingerprint density at radius 3 is 3.00 bits per heavy atom. The van der Waals surface area contributed by atoms with E-state index < -0.39 is 12.1 Å². The molecule has 8 nitrogen and oxygen atoms in total. The van der Waals surface area contributed by atoms with E-state index in [-0.39, 0.29) is 25.0 Å². The van der Waals surface area contributed by atoms with Gasteiger partial charge in [0.1, 0.15) is 6.79 Å². The molecule has 9 heteroatoms. The molecule has 1 N–H and O–H groups in total. The lowest BCUT2D eigenvalue weighted by molar-refractivity contribution is -0.130. The van der Waals surface area contributed by atoms with Crippen LogP contribution in [0.5, 0.6) is 0 Å². The van der Waals surface area contributed by atoms with E-state index in [1.54, 1.807) is 19.1 Å². The van der Waals surface area contributed by atoms with Crippen LogP contribution in [0.3, 0.4) is 0 Å². The van der Waals surface area contributed by atoms with Gasteiger partial charge in [0.25, 0.3) is 5.56 Å². The fourth-order valence-electron chi connectivity index (χ4n) is 2.78. The van der Waals surface area contributed by atoms with Crippen molar-refractivity contribution >= 4 is 28.6 Å². The lowest BCUT2D eigenvalue weighted by Gasteiger charge is -2.23. The zero-order valence-electron chi connectivity index (χ0n) is 15.2. The van der Waals surface area contributed by atoms with Crippen LogP contribution < -0.4 is 5.56 Å². The molecule has 146 valence electrons. The molecule has 1 fully saturated rings. The highest BCUT2D eigenvalue weighted by molar-refractivity contribution is 7.99. The molecule has 0 spiro atoms. The van der Waals surface area contributed by atoms with Crippen LogP contribution in [0.1, 0.15) is 23.7 Å². The number of benzene rings is 1. The Labute approximate surface area is 160 Å². The average Bonchev–Trinajstić information content (AvgIpc) is 2.68. The van der Waals surface area contributed by atoms with E-state index in [0.29, 0.717) is 34.0 Å². The second-order valence-electron chi connectivity index (χ2n) is 6.30. The molecule has 2 aromatic rings. The Kier molecular flexibility index (Phi) is 6.48. The second kappa shape index (κ2) is 8.83. The van der Waals surface area contributed by atoms with Gasteiger partial charge in [-0.15, -0.1) is 0 Å². The van der Waals surface area contributed by atoms with Crippen LogP contribution in [0, 0.1) is 0 Å². The van der Waals surface area contributed by atoms with Crippen molar-refractivity contribution in [3.63, 3.8) is 0 Å². The van der Waals surface area contributed by atoms with Crippen molar-refractivity contribution in [3.05, 3.63) is 34.1 Å². The molecule has 2 heterocycles. The lowest BCUT2D eigenvalue weighted by atomic mass is 10.1. The summed E-state index contributed by atoms with van der Waals surface area (Å²) in [5, 5.41) is 10.7. The molecule has 0 saturated carbocycles. The molecule has 1 aromatic carbocycles. The number of esters is 1. The summed E-state index contributed by atoms with van der Waals surface area (Å²) >= 11 is 1.39. The summed E-state index contributed by atoms with van der Waals surface area (Å²) in [5.41, 5.74) is 0.488. The molecule has 1 aromatic heterocycles. The number of fused-ring (bicyclic) bond motifs is 1. The van der Waals surface area contributed by atoms with Crippen molar-refractivity contribution in [1.82, 2.24) is 9.55 Å². The number of carbonyl (C=O) groups is 1. The first-order valence-electron chi connectivity index (χ1n) is 8.62. The van der Waals surface area contributed by atoms with Gasteiger partial charge in [-0.25, -0.2) is 9.78 Å². The standard InChI is InChI=1S/C18H22N2O6S/c1-11(21)8-20-16(22)14-4-3-12(17(23)24-2)7-15(14)19-18(20)27-9-13-5-6-25-10-26-13/h3-4,7,11,13,21H,5-6,8-10H2,1-2H3/t11-,13+/m1/s1. The number of rotatable bonds is 6. The van der Waals surface area contributed by atoms with Crippen molar-refractivity contribution in [2.24, 2.45) is 0 Å². The zero-order chi connectivity index (χ0) is 19.4. The molecule has 1 aliphatic rings. The fraction of sp³-hybridized carbons (Fsp3) is 0.500. The first-order chi connectivity index (χ1) is 13.0. The van der Waals surface area contributed by atoms with Gasteiger partial charge >= 0.3 is 5.97 Å². The third kappa shape index (κ3) is 4.67. The predicted octanol–water partition coefficient (Wildman–Crippen LogP) is 1.42. The van der Waals surface area contributed by atoms with Crippen molar-refractivity contribution in [2.45, 2.75) is 37.3 Å². The third-order valence-corrected chi connectivity index (χ3v) is 5.27. The number of nitrogens with zero attached hydrogens (tertiary/aromatic N) is 2. The number of aliphatic hydroxyl groups excluding tert-OH is 1. The quantitative estimate of drug-likeness (QED) is 0.446. The van der Waals surface area contributed by atoms with Crippen molar-refractivity contribution in [3.8, 4) is 0 Å². The molecular weight excluding hydrogens is 372 g/mol. The number of aromatic nitrogens is 2. The van der Waals surface area contributed by atoms with Crippen LogP contribution >= 0.6 is 11.8 Å². The Balaban J connectivity index is 1.98. The summed E-state index contributed by atoms with van der Waals surface area (Å²) in [4.78, 5) is 29.3. The highest BCUT2D eigenvalue weighted by Gasteiger charge is 2.19. The zero-order valence-corrected chi connectivity index (χ0v) is 16.0. The molecule has 0 aliphatic carbocycles. The number of ether oxygens (including phenoxy) is 3. The maximum absolute atomic E-state index is 12.9. The summed E-state index contributed by atoms with van der Waals surface area (Å²) in [6, 6.07) is 4.64. The van der Waals surface area contributed by atoms with Gasteiger partial charge in [0.15, 0.2) is 5.16 Å². The maximum Gasteiger partial charge on any atom is 0.337 e. The minimum absolute atomic E-state index is 0.0118. The summed E-state index contributed by atoms with van der Waals surface area (Å²) in [6.45, 7) is 2.66. The average molecular weight is 394 g/mol. The molecule has 3 rings (SSSR count). The summed E-state index contributed by atoms with van der Waals surface area (Å²) in [6.07, 6.45) is 0.0842. The van der Waals surface area contributed by atoms with E-state index in [2.05, 4.69) is 4.98 Å². The molecule has 0 amide bonds. The highest BCUT2D eigenvalue weighted by Crippen LogP contribution is 2.22. The Morgan fingerprint density at radius 2 is 2.33 bits per heavy atom.